The zero-order valence-electron chi connectivity index (χ0n) is 16.9. The Hall–Kier alpha value is -3.46. The zero-order chi connectivity index (χ0) is 21.5. The molecule has 1 amide bonds. The van der Waals surface area contributed by atoms with Crippen LogP contribution in [0.3, 0.4) is 0 Å². The third kappa shape index (κ3) is 5.54. The van der Waals surface area contributed by atoms with Gasteiger partial charge in [-0.2, -0.15) is 0 Å². The molecule has 158 valence electrons. The smallest absolute Gasteiger partial charge is 0.293 e. The molecule has 0 radical (unpaired) electrons. The second-order valence-electron chi connectivity index (χ2n) is 6.95. The molecule has 3 rings (SSSR count). The van der Waals surface area contributed by atoms with Gasteiger partial charge in [0, 0.05) is 30.4 Å². The number of morpholine rings is 1. The van der Waals surface area contributed by atoms with Crippen LogP contribution in [0.2, 0.25) is 0 Å². The monoisotopic (exact) mass is 412 g/mol. The van der Waals surface area contributed by atoms with Crippen LogP contribution in [0, 0.1) is 17.0 Å². The summed E-state index contributed by atoms with van der Waals surface area (Å²) in [6.45, 7) is 5.79. The van der Waals surface area contributed by atoms with Gasteiger partial charge in [-0.25, -0.2) is 0 Å². The Morgan fingerprint density at radius 1 is 1.30 bits per heavy atom. The summed E-state index contributed by atoms with van der Waals surface area (Å²) in [5.74, 6) is -0.341. The average Bonchev–Trinajstić information content (AvgIpc) is 2.74. The van der Waals surface area contributed by atoms with Crippen molar-refractivity contribution in [1.29, 1.82) is 0 Å². The first kappa shape index (κ1) is 21.3. The molecular weight excluding hydrogens is 388 g/mol. The van der Waals surface area contributed by atoms with Crippen LogP contribution in [-0.4, -0.2) is 49.5 Å². The minimum absolute atomic E-state index is 0.00825. The zero-order valence-corrected chi connectivity index (χ0v) is 16.9. The van der Waals surface area contributed by atoms with Gasteiger partial charge in [-0.15, -0.1) is 0 Å². The summed E-state index contributed by atoms with van der Waals surface area (Å²) in [6, 6.07) is 12.3. The molecule has 1 saturated heterocycles. The molecule has 1 N–H and O–H groups in total. The predicted molar refractivity (Wildman–Crippen MR) is 114 cm³/mol. The lowest BCUT2D eigenvalue weighted by atomic mass is 10.1. The highest BCUT2D eigenvalue weighted by atomic mass is 16.6. The van der Waals surface area contributed by atoms with Gasteiger partial charge in [0.2, 0.25) is 6.10 Å². The SMILES string of the molecule is Cc1cccc(NC(=O)[C@@H](C)O/N=C\c2ccc(N3CCOCC3)c([N+](=O)[O-])c2)c1. The van der Waals surface area contributed by atoms with Gasteiger partial charge < -0.3 is 19.8 Å². The molecule has 1 atom stereocenters. The first-order chi connectivity index (χ1) is 14.4. The second-order valence-corrected chi connectivity index (χ2v) is 6.95. The number of nitrogens with one attached hydrogen (secondary N) is 1. The van der Waals surface area contributed by atoms with Crippen molar-refractivity contribution in [2.75, 3.05) is 36.5 Å². The summed E-state index contributed by atoms with van der Waals surface area (Å²) >= 11 is 0. The van der Waals surface area contributed by atoms with Crippen LogP contribution in [0.1, 0.15) is 18.1 Å². The maximum atomic E-state index is 12.2. The summed E-state index contributed by atoms with van der Waals surface area (Å²) in [5.41, 5.74) is 2.75. The highest BCUT2D eigenvalue weighted by Crippen LogP contribution is 2.29. The van der Waals surface area contributed by atoms with E-state index in [9.17, 15) is 14.9 Å². The average molecular weight is 412 g/mol. The third-order valence-corrected chi connectivity index (χ3v) is 4.62. The van der Waals surface area contributed by atoms with Gasteiger partial charge >= 0.3 is 0 Å². The number of hydrogen-bond acceptors (Lipinski definition) is 7. The van der Waals surface area contributed by atoms with Crippen molar-refractivity contribution < 1.29 is 19.3 Å². The van der Waals surface area contributed by atoms with Crippen LogP contribution in [0.15, 0.2) is 47.6 Å². The van der Waals surface area contributed by atoms with E-state index in [4.69, 9.17) is 9.57 Å². The minimum Gasteiger partial charge on any atom is -0.383 e. The van der Waals surface area contributed by atoms with E-state index in [1.807, 2.05) is 30.0 Å². The first-order valence-electron chi connectivity index (χ1n) is 9.62. The molecule has 9 heteroatoms. The molecule has 0 aliphatic carbocycles. The molecular formula is C21H24N4O5. The van der Waals surface area contributed by atoms with Gasteiger partial charge in [-0.05, 0) is 37.6 Å². The molecule has 2 aromatic rings. The fourth-order valence-corrected chi connectivity index (χ4v) is 3.04. The molecule has 0 bridgehead atoms. The molecule has 1 heterocycles. The number of nitrogens with zero attached hydrogens (tertiary/aromatic N) is 3. The van der Waals surface area contributed by atoms with Crippen LogP contribution >= 0.6 is 0 Å². The fraction of sp³-hybridized carbons (Fsp3) is 0.333. The summed E-state index contributed by atoms with van der Waals surface area (Å²) in [6.07, 6.45) is 0.524. The Kier molecular flexibility index (Phi) is 6.97. The second kappa shape index (κ2) is 9.84. The van der Waals surface area contributed by atoms with Gasteiger partial charge in [0.05, 0.1) is 24.4 Å². The number of benzene rings is 2. The van der Waals surface area contributed by atoms with Gasteiger partial charge in [-0.1, -0.05) is 23.4 Å². The number of oxime groups is 1. The highest BCUT2D eigenvalue weighted by molar-refractivity contribution is 5.94. The van der Waals surface area contributed by atoms with Crippen LogP contribution in [0.25, 0.3) is 0 Å². The molecule has 0 saturated carbocycles. The third-order valence-electron chi connectivity index (χ3n) is 4.62. The van der Waals surface area contributed by atoms with Gasteiger partial charge in [0.25, 0.3) is 11.6 Å². The van der Waals surface area contributed by atoms with E-state index in [0.29, 0.717) is 43.2 Å². The summed E-state index contributed by atoms with van der Waals surface area (Å²) in [5, 5.41) is 18.1. The van der Waals surface area contributed by atoms with Gasteiger partial charge in [0.1, 0.15) is 5.69 Å². The number of ether oxygens (including phenoxy) is 1. The fourth-order valence-electron chi connectivity index (χ4n) is 3.04. The minimum atomic E-state index is -0.829. The van der Waals surface area contributed by atoms with Crippen LogP contribution in [0.5, 0.6) is 0 Å². The Labute approximate surface area is 174 Å². The van der Waals surface area contributed by atoms with Crippen molar-refractivity contribution >= 4 is 29.2 Å². The van der Waals surface area contributed by atoms with Gasteiger partial charge in [0.15, 0.2) is 0 Å². The van der Waals surface area contributed by atoms with Crippen molar-refractivity contribution in [1.82, 2.24) is 0 Å². The molecule has 1 fully saturated rings. The maximum Gasteiger partial charge on any atom is 0.293 e. The summed E-state index contributed by atoms with van der Waals surface area (Å²) < 4.78 is 5.30. The standard InChI is InChI=1S/C21H24N4O5/c1-15-4-3-5-18(12-15)23-21(26)16(2)30-22-14-17-6-7-19(20(13-17)25(27)28)24-8-10-29-11-9-24/h3-7,12-14,16H,8-11H2,1-2H3,(H,23,26)/b22-14-/t16-/m1/s1. The van der Waals surface area contributed by atoms with Crippen molar-refractivity contribution in [2.45, 2.75) is 20.0 Å². The molecule has 0 unspecified atom stereocenters. The van der Waals surface area contributed by atoms with Crippen LogP contribution < -0.4 is 10.2 Å². The lowest BCUT2D eigenvalue weighted by molar-refractivity contribution is -0.384. The molecule has 2 aromatic carbocycles. The Morgan fingerprint density at radius 2 is 2.07 bits per heavy atom. The Balaban J connectivity index is 1.63. The van der Waals surface area contributed by atoms with Crippen LogP contribution in [0.4, 0.5) is 17.1 Å². The van der Waals surface area contributed by atoms with E-state index < -0.39 is 11.0 Å². The van der Waals surface area contributed by atoms with Crippen molar-refractivity contribution in [2.24, 2.45) is 5.16 Å². The van der Waals surface area contributed by atoms with Gasteiger partial charge in [-0.3, -0.25) is 14.9 Å². The number of carbonyl (C=O) groups excluding carboxylic acids is 1. The Bertz CT molecular complexity index is 941. The number of rotatable bonds is 7. The lowest BCUT2D eigenvalue weighted by Gasteiger charge is -2.28. The first-order valence-corrected chi connectivity index (χ1v) is 9.62. The quantitative estimate of drug-likeness (QED) is 0.425. The van der Waals surface area contributed by atoms with E-state index in [1.165, 1.54) is 12.3 Å². The molecule has 0 spiro atoms. The summed E-state index contributed by atoms with van der Waals surface area (Å²) in [7, 11) is 0. The molecule has 1 aliphatic rings. The number of anilines is 2. The molecule has 0 aromatic heterocycles. The maximum absolute atomic E-state index is 12.2. The number of amides is 1. The number of carbonyl (C=O) groups is 1. The molecule has 9 nitrogen and oxygen atoms in total. The number of nitro groups is 1. The normalized spacial score (nSPS) is 15.1. The van der Waals surface area contributed by atoms with Crippen molar-refractivity contribution in [3.63, 3.8) is 0 Å². The van der Waals surface area contributed by atoms with Crippen molar-refractivity contribution in [3.05, 3.63) is 63.7 Å². The Morgan fingerprint density at radius 3 is 2.77 bits per heavy atom. The van der Waals surface area contributed by atoms with E-state index in [0.717, 1.165) is 5.56 Å². The lowest BCUT2D eigenvalue weighted by Crippen LogP contribution is -2.36. The van der Waals surface area contributed by atoms with Crippen molar-refractivity contribution in [3.8, 4) is 0 Å². The van der Waals surface area contributed by atoms with E-state index in [1.54, 1.807) is 25.1 Å². The number of hydrogen-bond donors (Lipinski definition) is 1. The largest absolute Gasteiger partial charge is 0.383 e. The van der Waals surface area contributed by atoms with Crippen LogP contribution in [-0.2, 0) is 14.4 Å². The summed E-state index contributed by atoms with van der Waals surface area (Å²) in [4.78, 5) is 30.4. The highest BCUT2D eigenvalue weighted by Gasteiger charge is 2.21. The van der Waals surface area contributed by atoms with E-state index in [-0.39, 0.29) is 11.6 Å². The molecule has 1 aliphatic heterocycles. The molecule has 30 heavy (non-hydrogen) atoms. The van der Waals surface area contributed by atoms with E-state index in [2.05, 4.69) is 10.5 Å². The predicted octanol–water partition coefficient (Wildman–Crippen LogP) is 3.12. The van der Waals surface area contributed by atoms with E-state index >= 15 is 0 Å². The number of nitro benzene ring substituents is 1. The topological polar surface area (TPSA) is 106 Å². The number of aryl methyl sites for hydroxylation is 1.